The van der Waals surface area contributed by atoms with E-state index >= 15 is 0 Å². The molecule has 0 saturated carbocycles. The molecule has 0 fully saturated rings. The van der Waals surface area contributed by atoms with E-state index in [2.05, 4.69) is 10.1 Å². The van der Waals surface area contributed by atoms with E-state index in [1.807, 2.05) is 0 Å². The van der Waals surface area contributed by atoms with Gasteiger partial charge in [-0.2, -0.15) is 19.3 Å². The number of nitriles is 2. The zero-order chi connectivity index (χ0) is 13.5. The standard InChI is InChI=1S/C12H9F2N3O/c1-8-4-10(18-12(13)14)2-3-11(8)17-7-9(5-15)6-16/h2-4,7,12,17H,1H3. The van der Waals surface area contributed by atoms with Gasteiger partial charge in [-0.05, 0) is 30.7 Å². The molecule has 0 aliphatic rings. The van der Waals surface area contributed by atoms with Crippen molar-refractivity contribution in [3.05, 3.63) is 35.5 Å². The summed E-state index contributed by atoms with van der Waals surface area (Å²) in [6.07, 6.45) is 1.25. The van der Waals surface area contributed by atoms with Crippen molar-refractivity contribution in [2.24, 2.45) is 0 Å². The lowest BCUT2D eigenvalue weighted by molar-refractivity contribution is -0.0498. The fourth-order valence-electron chi connectivity index (χ4n) is 1.21. The first-order valence-corrected chi connectivity index (χ1v) is 4.89. The molecule has 6 heteroatoms. The Kier molecular flexibility index (Phi) is 4.65. The molecule has 0 heterocycles. The predicted octanol–water partition coefficient (Wildman–Crippen LogP) is 2.94. The van der Waals surface area contributed by atoms with Crippen molar-refractivity contribution in [1.29, 1.82) is 10.5 Å². The molecule has 1 aromatic carbocycles. The molecule has 0 amide bonds. The third-order valence-corrected chi connectivity index (χ3v) is 2.04. The first-order chi connectivity index (χ1) is 8.56. The summed E-state index contributed by atoms with van der Waals surface area (Å²) in [5, 5.41) is 19.8. The van der Waals surface area contributed by atoms with Gasteiger partial charge in [0.15, 0.2) is 0 Å². The van der Waals surface area contributed by atoms with E-state index in [9.17, 15) is 8.78 Å². The van der Waals surface area contributed by atoms with Crippen LogP contribution < -0.4 is 10.1 Å². The van der Waals surface area contributed by atoms with Gasteiger partial charge in [0.1, 0.15) is 23.5 Å². The van der Waals surface area contributed by atoms with Gasteiger partial charge < -0.3 is 10.1 Å². The van der Waals surface area contributed by atoms with Crippen LogP contribution >= 0.6 is 0 Å². The molecule has 0 aliphatic heterocycles. The van der Waals surface area contributed by atoms with Crippen LogP contribution in [0.3, 0.4) is 0 Å². The van der Waals surface area contributed by atoms with Gasteiger partial charge in [-0.15, -0.1) is 0 Å². The van der Waals surface area contributed by atoms with Crippen molar-refractivity contribution in [3.8, 4) is 17.9 Å². The lowest BCUT2D eigenvalue weighted by Crippen LogP contribution is -2.02. The van der Waals surface area contributed by atoms with Crippen molar-refractivity contribution in [2.45, 2.75) is 13.5 Å². The maximum atomic E-state index is 12.0. The summed E-state index contributed by atoms with van der Waals surface area (Å²) in [5.74, 6) is 0.0535. The molecule has 0 radical (unpaired) electrons. The van der Waals surface area contributed by atoms with Crippen LogP contribution in [0, 0.1) is 29.6 Å². The normalized spacial score (nSPS) is 9.22. The smallest absolute Gasteiger partial charge is 0.387 e. The fraction of sp³-hybridized carbons (Fsp3) is 0.167. The van der Waals surface area contributed by atoms with E-state index in [0.29, 0.717) is 11.3 Å². The van der Waals surface area contributed by atoms with Crippen molar-refractivity contribution in [1.82, 2.24) is 0 Å². The monoisotopic (exact) mass is 249 g/mol. The number of nitrogens with one attached hydrogen (secondary N) is 1. The van der Waals surface area contributed by atoms with Crippen LogP contribution in [0.15, 0.2) is 30.0 Å². The van der Waals surface area contributed by atoms with Crippen LogP contribution in [0.2, 0.25) is 0 Å². The molecular formula is C12H9F2N3O. The summed E-state index contributed by atoms with van der Waals surface area (Å²) < 4.78 is 28.2. The summed E-state index contributed by atoms with van der Waals surface area (Å²) in [7, 11) is 0. The van der Waals surface area contributed by atoms with Gasteiger partial charge in [0.25, 0.3) is 0 Å². The minimum atomic E-state index is -2.87. The molecule has 4 nitrogen and oxygen atoms in total. The van der Waals surface area contributed by atoms with E-state index in [1.165, 1.54) is 24.4 Å². The molecule has 18 heavy (non-hydrogen) atoms. The van der Waals surface area contributed by atoms with Gasteiger partial charge in [-0.3, -0.25) is 0 Å². The second kappa shape index (κ2) is 6.21. The second-order valence-corrected chi connectivity index (χ2v) is 3.28. The minimum Gasteiger partial charge on any atom is -0.435 e. The van der Waals surface area contributed by atoms with E-state index in [4.69, 9.17) is 10.5 Å². The number of nitrogens with zero attached hydrogens (tertiary/aromatic N) is 2. The molecule has 1 aromatic rings. The number of alkyl halides is 2. The predicted molar refractivity (Wildman–Crippen MR) is 60.7 cm³/mol. The summed E-state index contributed by atoms with van der Waals surface area (Å²) in [4.78, 5) is 0. The first kappa shape index (κ1) is 13.5. The summed E-state index contributed by atoms with van der Waals surface area (Å²) in [6.45, 7) is -1.18. The number of aryl methyl sites for hydroxylation is 1. The van der Waals surface area contributed by atoms with Crippen molar-refractivity contribution in [2.75, 3.05) is 5.32 Å². The van der Waals surface area contributed by atoms with E-state index in [1.54, 1.807) is 19.1 Å². The topological polar surface area (TPSA) is 68.8 Å². The molecule has 1 rings (SSSR count). The average Bonchev–Trinajstić information content (AvgIpc) is 2.32. The molecule has 0 atom stereocenters. The summed E-state index contributed by atoms with van der Waals surface area (Å²) >= 11 is 0. The van der Waals surface area contributed by atoms with Gasteiger partial charge in [0.2, 0.25) is 0 Å². The van der Waals surface area contributed by atoms with Gasteiger partial charge in [-0.1, -0.05) is 0 Å². The minimum absolute atomic E-state index is 0.0535. The Morgan fingerprint density at radius 2 is 2.06 bits per heavy atom. The Bertz CT molecular complexity index is 525. The Balaban J connectivity index is 2.85. The summed E-state index contributed by atoms with van der Waals surface area (Å²) in [6, 6.07) is 7.71. The average molecular weight is 249 g/mol. The number of rotatable bonds is 4. The molecule has 0 spiro atoms. The summed E-state index contributed by atoms with van der Waals surface area (Å²) in [5.41, 5.74) is 1.17. The Labute approximate surface area is 103 Å². The molecule has 0 saturated heterocycles. The first-order valence-electron chi connectivity index (χ1n) is 4.89. The van der Waals surface area contributed by atoms with E-state index in [-0.39, 0.29) is 11.3 Å². The van der Waals surface area contributed by atoms with Crippen LogP contribution in [0.1, 0.15) is 5.56 Å². The van der Waals surface area contributed by atoms with E-state index < -0.39 is 6.61 Å². The molecule has 1 N–H and O–H groups in total. The molecule has 0 bridgehead atoms. The van der Waals surface area contributed by atoms with Gasteiger partial charge in [-0.25, -0.2) is 0 Å². The highest BCUT2D eigenvalue weighted by atomic mass is 19.3. The second-order valence-electron chi connectivity index (χ2n) is 3.28. The fourth-order valence-corrected chi connectivity index (χ4v) is 1.21. The van der Waals surface area contributed by atoms with Crippen LogP contribution in [0.4, 0.5) is 14.5 Å². The van der Waals surface area contributed by atoms with E-state index in [0.717, 1.165) is 0 Å². The highest BCUT2D eigenvalue weighted by Gasteiger charge is 2.05. The zero-order valence-corrected chi connectivity index (χ0v) is 9.45. The zero-order valence-electron chi connectivity index (χ0n) is 9.45. The van der Waals surface area contributed by atoms with Crippen LogP contribution in [0.5, 0.6) is 5.75 Å². The Morgan fingerprint density at radius 1 is 1.39 bits per heavy atom. The van der Waals surface area contributed by atoms with Gasteiger partial charge in [0, 0.05) is 11.9 Å². The Hall–Kier alpha value is -2.60. The highest BCUT2D eigenvalue weighted by molar-refractivity contribution is 5.56. The molecule has 0 unspecified atom stereocenters. The van der Waals surface area contributed by atoms with Crippen LogP contribution in [0.25, 0.3) is 0 Å². The van der Waals surface area contributed by atoms with Gasteiger partial charge in [0.05, 0.1) is 0 Å². The Morgan fingerprint density at radius 3 is 2.56 bits per heavy atom. The number of hydrogen-bond donors (Lipinski definition) is 1. The number of allylic oxidation sites excluding steroid dienone is 1. The molecule has 92 valence electrons. The van der Waals surface area contributed by atoms with Crippen LogP contribution in [-0.2, 0) is 0 Å². The molecule has 0 aromatic heterocycles. The maximum Gasteiger partial charge on any atom is 0.387 e. The highest BCUT2D eigenvalue weighted by Crippen LogP contribution is 2.22. The van der Waals surface area contributed by atoms with Crippen molar-refractivity contribution in [3.63, 3.8) is 0 Å². The molecular weight excluding hydrogens is 240 g/mol. The number of benzene rings is 1. The largest absolute Gasteiger partial charge is 0.435 e. The third-order valence-electron chi connectivity index (χ3n) is 2.04. The number of anilines is 1. The van der Waals surface area contributed by atoms with Crippen molar-refractivity contribution >= 4 is 5.69 Å². The van der Waals surface area contributed by atoms with Crippen LogP contribution in [-0.4, -0.2) is 6.61 Å². The molecule has 0 aliphatic carbocycles. The number of hydrogen-bond acceptors (Lipinski definition) is 4. The quantitative estimate of drug-likeness (QED) is 0.833. The maximum absolute atomic E-state index is 12.0. The SMILES string of the molecule is Cc1cc(OC(F)F)ccc1NC=C(C#N)C#N. The number of ether oxygens (including phenoxy) is 1. The lowest BCUT2D eigenvalue weighted by atomic mass is 10.2. The third kappa shape index (κ3) is 3.76. The van der Waals surface area contributed by atoms with Gasteiger partial charge >= 0.3 is 6.61 Å². The van der Waals surface area contributed by atoms with Crippen molar-refractivity contribution < 1.29 is 13.5 Å². The lowest BCUT2D eigenvalue weighted by Gasteiger charge is -2.09. The number of halogens is 2.